The van der Waals surface area contributed by atoms with E-state index in [9.17, 15) is 0 Å². The van der Waals surface area contributed by atoms with Gasteiger partial charge >= 0.3 is 0 Å². The molecule has 2 bridgehead atoms. The highest BCUT2D eigenvalue weighted by molar-refractivity contribution is 5.67. The fraction of sp³-hybridized carbons (Fsp3) is 0.412. The molecule has 1 aromatic heterocycles. The second-order valence-corrected chi connectivity index (χ2v) is 6.24. The molecule has 2 unspecified atom stereocenters. The first-order chi connectivity index (χ1) is 10.7. The summed E-state index contributed by atoms with van der Waals surface area (Å²) in [6, 6.07) is 9.16. The number of aromatic nitrogens is 2. The summed E-state index contributed by atoms with van der Waals surface area (Å²) in [7, 11) is 0. The molecular formula is C17H21N5. The lowest BCUT2D eigenvalue weighted by molar-refractivity contribution is 0.310. The van der Waals surface area contributed by atoms with Crippen molar-refractivity contribution in [1.82, 2.24) is 14.9 Å². The molecule has 2 fully saturated rings. The zero-order valence-electron chi connectivity index (χ0n) is 12.9. The smallest absolute Gasteiger partial charge is 0.220 e. The average molecular weight is 295 g/mol. The second-order valence-electron chi connectivity index (χ2n) is 6.24. The molecule has 22 heavy (non-hydrogen) atoms. The monoisotopic (exact) mass is 295 g/mol. The molecule has 4 rings (SSSR count). The highest BCUT2D eigenvalue weighted by Gasteiger charge is 2.32. The number of anilines is 2. The summed E-state index contributed by atoms with van der Waals surface area (Å²) in [6.45, 7) is 6.96. The van der Waals surface area contributed by atoms with Gasteiger partial charge in [-0.2, -0.15) is 0 Å². The number of nitrogens with zero attached hydrogens (tertiary/aromatic N) is 4. The van der Waals surface area contributed by atoms with Gasteiger partial charge in [0.05, 0.1) is 5.69 Å². The maximum atomic E-state index is 5.69. The van der Waals surface area contributed by atoms with Gasteiger partial charge in [-0.05, 0) is 37.1 Å². The Labute approximate surface area is 130 Å². The van der Waals surface area contributed by atoms with E-state index >= 15 is 0 Å². The maximum absolute atomic E-state index is 5.69. The van der Waals surface area contributed by atoms with Crippen molar-refractivity contribution in [2.45, 2.75) is 19.4 Å². The van der Waals surface area contributed by atoms with Crippen LogP contribution in [0.2, 0.25) is 0 Å². The zero-order chi connectivity index (χ0) is 15.1. The summed E-state index contributed by atoms with van der Waals surface area (Å²) in [5.41, 5.74) is 10.3. The Balaban J connectivity index is 1.65. The SMILES string of the molecule is Cc1cc(-c2ccnc(N)n2)ccc1N1CCN2CCC1C2. The molecule has 0 aliphatic carbocycles. The van der Waals surface area contributed by atoms with Crippen LogP contribution in [-0.4, -0.2) is 47.1 Å². The number of rotatable bonds is 2. The molecule has 2 aliphatic heterocycles. The quantitative estimate of drug-likeness (QED) is 0.917. The summed E-state index contributed by atoms with van der Waals surface area (Å²) >= 11 is 0. The van der Waals surface area contributed by atoms with E-state index < -0.39 is 0 Å². The Kier molecular flexibility index (Phi) is 3.22. The molecule has 2 aromatic rings. The lowest BCUT2D eigenvalue weighted by Crippen LogP contribution is -2.47. The van der Waals surface area contributed by atoms with Crippen molar-refractivity contribution in [3.05, 3.63) is 36.0 Å². The third-order valence-electron chi connectivity index (χ3n) is 4.82. The van der Waals surface area contributed by atoms with Crippen molar-refractivity contribution in [1.29, 1.82) is 0 Å². The summed E-state index contributed by atoms with van der Waals surface area (Å²) < 4.78 is 0. The van der Waals surface area contributed by atoms with Crippen molar-refractivity contribution in [3.8, 4) is 11.3 Å². The van der Waals surface area contributed by atoms with Gasteiger partial charge in [0.15, 0.2) is 0 Å². The minimum Gasteiger partial charge on any atom is -0.368 e. The van der Waals surface area contributed by atoms with E-state index in [1.54, 1.807) is 6.20 Å². The Morgan fingerprint density at radius 1 is 1.18 bits per heavy atom. The van der Waals surface area contributed by atoms with Gasteiger partial charge < -0.3 is 10.6 Å². The Morgan fingerprint density at radius 3 is 2.91 bits per heavy atom. The number of fused-ring (bicyclic) bond motifs is 2. The van der Waals surface area contributed by atoms with Crippen LogP contribution in [0.25, 0.3) is 11.3 Å². The average Bonchev–Trinajstić information content (AvgIpc) is 2.90. The molecule has 1 aromatic carbocycles. The second kappa shape index (κ2) is 5.25. The molecule has 3 heterocycles. The first-order valence-electron chi connectivity index (χ1n) is 7.89. The van der Waals surface area contributed by atoms with Crippen molar-refractivity contribution in [2.24, 2.45) is 0 Å². The van der Waals surface area contributed by atoms with Crippen LogP contribution < -0.4 is 10.6 Å². The van der Waals surface area contributed by atoms with E-state index in [4.69, 9.17) is 5.73 Å². The van der Waals surface area contributed by atoms with E-state index in [0.29, 0.717) is 12.0 Å². The van der Waals surface area contributed by atoms with Gasteiger partial charge in [-0.25, -0.2) is 9.97 Å². The van der Waals surface area contributed by atoms with Gasteiger partial charge in [-0.1, -0.05) is 6.07 Å². The molecule has 0 amide bonds. The molecule has 2 N–H and O–H groups in total. The Morgan fingerprint density at radius 2 is 2.09 bits per heavy atom. The van der Waals surface area contributed by atoms with Crippen molar-refractivity contribution in [2.75, 3.05) is 36.8 Å². The molecule has 0 spiro atoms. The summed E-state index contributed by atoms with van der Waals surface area (Å²) in [4.78, 5) is 13.4. The number of nitrogen functional groups attached to an aromatic ring is 1. The third-order valence-corrected chi connectivity index (χ3v) is 4.82. The fourth-order valence-electron chi connectivity index (χ4n) is 3.69. The van der Waals surface area contributed by atoms with Crippen LogP contribution >= 0.6 is 0 Å². The Hall–Kier alpha value is -2.14. The Bertz CT molecular complexity index is 699. The normalized spacial score (nSPS) is 23.8. The van der Waals surface area contributed by atoms with Gasteiger partial charge in [0.2, 0.25) is 5.95 Å². The summed E-state index contributed by atoms with van der Waals surface area (Å²) in [5, 5.41) is 0. The molecule has 2 atom stereocenters. The van der Waals surface area contributed by atoms with Crippen LogP contribution in [-0.2, 0) is 0 Å². The standard InChI is InChI=1S/C17H21N5/c1-12-10-13(15-4-6-19-17(18)20-15)2-3-16(12)22-9-8-21-7-5-14(22)11-21/h2-4,6,10,14H,5,7-9,11H2,1H3,(H2,18,19,20). The molecule has 2 aliphatic rings. The first kappa shape index (κ1) is 13.5. The van der Waals surface area contributed by atoms with E-state index in [1.165, 1.54) is 37.3 Å². The molecule has 5 nitrogen and oxygen atoms in total. The predicted molar refractivity (Wildman–Crippen MR) is 88.8 cm³/mol. The molecule has 0 saturated carbocycles. The molecule has 114 valence electrons. The first-order valence-corrected chi connectivity index (χ1v) is 7.89. The lowest BCUT2D eigenvalue weighted by Gasteiger charge is -2.37. The van der Waals surface area contributed by atoms with E-state index in [2.05, 4.69) is 44.9 Å². The van der Waals surface area contributed by atoms with E-state index in [0.717, 1.165) is 17.8 Å². The van der Waals surface area contributed by atoms with Gasteiger partial charge in [0.1, 0.15) is 0 Å². The van der Waals surface area contributed by atoms with E-state index in [-0.39, 0.29) is 0 Å². The number of hydrogen-bond acceptors (Lipinski definition) is 5. The molecule has 5 heteroatoms. The van der Waals surface area contributed by atoms with Crippen LogP contribution in [0, 0.1) is 6.92 Å². The van der Waals surface area contributed by atoms with Crippen LogP contribution in [0.3, 0.4) is 0 Å². The molecule has 0 radical (unpaired) electrons. The summed E-state index contributed by atoms with van der Waals surface area (Å²) in [5.74, 6) is 0.321. The van der Waals surface area contributed by atoms with Gasteiger partial charge in [-0.3, -0.25) is 4.90 Å². The predicted octanol–water partition coefficient (Wildman–Crippen LogP) is 1.93. The minimum atomic E-state index is 0.321. The van der Waals surface area contributed by atoms with Gasteiger partial charge in [0.25, 0.3) is 0 Å². The highest BCUT2D eigenvalue weighted by Crippen LogP contribution is 2.31. The largest absolute Gasteiger partial charge is 0.368 e. The number of benzene rings is 1. The number of nitrogens with two attached hydrogens (primary N) is 1. The number of piperazine rings is 1. The van der Waals surface area contributed by atoms with Crippen LogP contribution in [0.4, 0.5) is 11.6 Å². The number of aryl methyl sites for hydroxylation is 1. The van der Waals surface area contributed by atoms with E-state index in [1.807, 2.05) is 6.07 Å². The molecule has 2 saturated heterocycles. The summed E-state index contributed by atoms with van der Waals surface area (Å²) in [6.07, 6.45) is 2.99. The van der Waals surface area contributed by atoms with Crippen molar-refractivity contribution < 1.29 is 0 Å². The van der Waals surface area contributed by atoms with Crippen molar-refractivity contribution in [3.63, 3.8) is 0 Å². The minimum absolute atomic E-state index is 0.321. The zero-order valence-corrected chi connectivity index (χ0v) is 12.9. The van der Waals surface area contributed by atoms with Crippen LogP contribution in [0.1, 0.15) is 12.0 Å². The maximum Gasteiger partial charge on any atom is 0.220 e. The highest BCUT2D eigenvalue weighted by atomic mass is 15.3. The van der Waals surface area contributed by atoms with Crippen molar-refractivity contribution >= 4 is 11.6 Å². The number of hydrogen-bond donors (Lipinski definition) is 1. The molecular weight excluding hydrogens is 274 g/mol. The topological polar surface area (TPSA) is 58.3 Å². The van der Waals surface area contributed by atoms with Crippen LogP contribution in [0.5, 0.6) is 0 Å². The third kappa shape index (κ3) is 2.31. The van der Waals surface area contributed by atoms with Crippen LogP contribution in [0.15, 0.2) is 30.5 Å². The van der Waals surface area contributed by atoms with Gasteiger partial charge in [-0.15, -0.1) is 0 Å². The lowest BCUT2D eigenvalue weighted by atomic mass is 10.0. The fourth-order valence-corrected chi connectivity index (χ4v) is 3.69. The van der Waals surface area contributed by atoms with Gasteiger partial charge in [0, 0.05) is 49.7 Å².